The van der Waals surface area contributed by atoms with Gasteiger partial charge in [-0.25, -0.2) is 0 Å². The maximum atomic E-state index is 11.1. The van der Waals surface area contributed by atoms with Crippen LogP contribution in [-0.2, 0) is 4.79 Å². The summed E-state index contributed by atoms with van der Waals surface area (Å²) < 4.78 is 0. The van der Waals surface area contributed by atoms with Gasteiger partial charge in [0.15, 0.2) is 0 Å². The van der Waals surface area contributed by atoms with E-state index in [2.05, 4.69) is 5.32 Å². The van der Waals surface area contributed by atoms with E-state index < -0.39 is 16.9 Å². The summed E-state index contributed by atoms with van der Waals surface area (Å²) in [5.41, 5.74) is 0.0539. The first-order chi connectivity index (χ1) is 7.41. The molecule has 1 atom stereocenters. The summed E-state index contributed by atoms with van der Waals surface area (Å²) in [6.45, 7) is 1.30. The first-order valence-corrected chi connectivity index (χ1v) is 4.72. The molecule has 1 amide bonds. The molecule has 0 spiro atoms. The lowest BCUT2D eigenvalue weighted by atomic mass is 10.2. The molecule has 0 aliphatic rings. The Morgan fingerprint density at radius 3 is 2.69 bits per heavy atom. The van der Waals surface area contributed by atoms with E-state index >= 15 is 0 Å². The van der Waals surface area contributed by atoms with Gasteiger partial charge in [0.25, 0.3) is 11.6 Å². The molecule has 6 nitrogen and oxygen atoms in total. The maximum Gasteiger partial charge on any atom is 0.271 e. The number of nitrogens with zero attached hydrogens (tertiary/aromatic N) is 1. The van der Waals surface area contributed by atoms with Crippen molar-refractivity contribution in [1.29, 1.82) is 0 Å². The Hall–Kier alpha value is -1.66. The highest BCUT2D eigenvalue weighted by Gasteiger charge is 2.13. The molecule has 0 radical (unpaired) electrons. The highest BCUT2D eigenvalue weighted by molar-refractivity contribution is 6.34. The molecule has 16 heavy (non-hydrogen) atoms. The highest BCUT2D eigenvalue weighted by atomic mass is 35.5. The van der Waals surface area contributed by atoms with Crippen molar-refractivity contribution in [3.05, 3.63) is 33.3 Å². The van der Waals surface area contributed by atoms with Gasteiger partial charge in [-0.05, 0) is 13.0 Å². The van der Waals surface area contributed by atoms with Crippen molar-refractivity contribution in [2.75, 3.05) is 5.32 Å². The van der Waals surface area contributed by atoms with E-state index in [9.17, 15) is 14.9 Å². The Morgan fingerprint density at radius 1 is 1.62 bits per heavy atom. The summed E-state index contributed by atoms with van der Waals surface area (Å²) in [5, 5.41) is 21.7. The van der Waals surface area contributed by atoms with Crippen LogP contribution in [0.2, 0.25) is 5.02 Å². The molecule has 1 aromatic carbocycles. The SMILES string of the molecule is CC(O)C(=O)Nc1ccc([N+](=O)[O-])cc1Cl. The third-order valence-electron chi connectivity index (χ3n) is 1.80. The molecule has 1 rings (SSSR count). The zero-order valence-electron chi connectivity index (χ0n) is 8.31. The fourth-order valence-electron chi connectivity index (χ4n) is 0.956. The number of benzene rings is 1. The largest absolute Gasteiger partial charge is 0.384 e. The number of carbonyl (C=O) groups excluding carboxylic acids is 1. The number of nitrogens with one attached hydrogen (secondary N) is 1. The van der Waals surface area contributed by atoms with Gasteiger partial charge in [-0.15, -0.1) is 0 Å². The van der Waals surface area contributed by atoms with Gasteiger partial charge in [-0.3, -0.25) is 14.9 Å². The number of non-ortho nitro benzene ring substituents is 1. The molecule has 7 heteroatoms. The van der Waals surface area contributed by atoms with E-state index in [-0.39, 0.29) is 16.4 Å². The second-order valence-corrected chi connectivity index (χ2v) is 3.49. The lowest BCUT2D eigenvalue weighted by molar-refractivity contribution is -0.384. The lowest BCUT2D eigenvalue weighted by Crippen LogP contribution is -2.24. The van der Waals surface area contributed by atoms with E-state index in [4.69, 9.17) is 16.7 Å². The van der Waals surface area contributed by atoms with Crippen molar-refractivity contribution in [1.82, 2.24) is 0 Å². The smallest absolute Gasteiger partial charge is 0.271 e. The number of aliphatic hydroxyl groups is 1. The van der Waals surface area contributed by atoms with Gasteiger partial charge in [0.05, 0.1) is 15.6 Å². The molecule has 86 valence electrons. The first-order valence-electron chi connectivity index (χ1n) is 4.34. The van der Waals surface area contributed by atoms with Crippen molar-refractivity contribution >= 4 is 28.9 Å². The van der Waals surface area contributed by atoms with Crippen molar-refractivity contribution in [3.63, 3.8) is 0 Å². The number of amides is 1. The summed E-state index contributed by atoms with van der Waals surface area (Å²) in [6.07, 6.45) is -1.17. The zero-order valence-corrected chi connectivity index (χ0v) is 9.06. The molecule has 0 saturated carbocycles. The Morgan fingerprint density at radius 2 is 2.25 bits per heavy atom. The molecule has 1 aromatic rings. The molecule has 1 unspecified atom stereocenters. The summed E-state index contributed by atoms with van der Waals surface area (Å²) in [6, 6.07) is 3.64. The van der Waals surface area contributed by atoms with Gasteiger partial charge in [0.2, 0.25) is 0 Å². The van der Waals surface area contributed by atoms with Crippen molar-refractivity contribution in [2.24, 2.45) is 0 Å². The van der Waals surface area contributed by atoms with Crippen LogP contribution in [0.3, 0.4) is 0 Å². The van der Waals surface area contributed by atoms with Crippen LogP contribution in [0.1, 0.15) is 6.92 Å². The van der Waals surface area contributed by atoms with Gasteiger partial charge in [0, 0.05) is 12.1 Å². The van der Waals surface area contributed by atoms with Crippen molar-refractivity contribution in [3.8, 4) is 0 Å². The van der Waals surface area contributed by atoms with Crippen LogP contribution < -0.4 is 5.32 Å². The van der Waals surface area contributed by atoms with Crippen molar-refractivity contribution < 1.29 is 14.8 Å². The number of hydrogen-bond donors (Lipinski definition) is 2. The third kappa shape index (κ3) is 2.91. The number of nitro benzene ring substituents is 1. The first kappa shape index (κ1) is 12.4. The van der Waals surface area contributed by atoms with Crippen LogP contribution in [0.5, 0.6) is 0 Å². The number of halogens is 1. The third-order valence-corrected chi connectivity index (χ3v) is 2.11. The molecule has 0 aromatic heterocycles. The lowest BCUT2D eigenvalue weighted by Gasteiger charge is -2.08. The van der Waals surface area contributed by atoms with E-state index in [0.29, 0.717) is 0 Å². The minimum atomic E-state index is -1.17. The maximum absolute atomic E-state index is 11.1. The van der Waals surface area contributed by atoms with E-state index in [1.54, 1.807) is 0 Å². The Labute approximate surface area is 96.0 Å². The molecule has 0 heterocycles. The molecule has 0 aliphatic heterocycles. The summed E-state index contributed by atoms with van der Waals surface area (Å²) >= 11 is 5.72. The predicted octanol–water partition coefficient (Wildman–Crippen LogP) is 1.57. The van der Waals surface area contributed by atoms with E-state index in [0.717, 1.165) is 6.07 Å². The van der Waals surface area contributed by atoms with Gasteiger partial charge >= 0.3 is 0 Å². The molecular weight excluding hydrogens is 236 g/mol. The second-order valence-electron chi connectivity index (χ2n) is 3.09. The van der Waals surface area contributed by atoms with E-state index in [1.165, 1.54) is 19.1 Å². The number of nitro groups is 1. The summed E-state index contributed by atoms with van der Waals surface area (Å²) in [5.74, 6) is -0.629. The molecule has 0 aliphatic carbocycles. The average Bonchev–Trinajstić information content (AvgIpc) is 2.20. The zero-order chi connectivity index (χ0) is 12.3. The fourth-order valence-corrected chi connectivity index (χ4v) is 1.18. The number of hydrogen-bond acceptors (Lipinski definition) is 4. The summed E-state index contributed by atoms with van der Waals surface area (Å²) in [7, 11) is 0. The molecule has 0 bridgehead atoms. The van der Waals surface area contributed by atoms with Crippen LogP contribution >= 0.6 is 11.6 Å². The monoisotopic (exact) mass is 244 g/mol. The highest BCUT2D eigenvalue weighted by Crippen LogP contribution is 2.26. The van der Waals surface area contributed by atoms with Crippen molar-refractivity contribution in [2.45, 2.75) is 13.0 Å². The topological polar surface area (TPSA) is 92.5 Å². The predicted molar refractivity (Wildman–Crippen MR) is 58.4 cm³/mol. The molecular formula is C9H9ClN2O4. The number of aliphatic hydroxyl groups excluding tert-OH is 1. The van der Waals surface area contributed by atoms with Gasteiger partial charge in [-0.1, -0.05) is 11.6 Å². The number of anilines is 1. The normalized spacial score (nSPS) is 11.9. The van der Waals surface area contributed by atoms with E-state index in [1.807, 2.05) is 0 Å². The van der Waals surface area contributed by atoms with Crippen LogP contribution in [-0.4, -0.2) is 22.0 Å². The average molecular weight is 245 g/mol. The Kier molecular flexibility index (Phi) is 3.81. The van der Waals surface area contributed by atoms with Crippen LogP contribution in [0, 0.1) is 10.1 Å². The minimum absolute atomic E-state index is 0.0446. The Balaban J connectivity index is 2.91. The molecule has 2 N–H and O–H groups in total. The minimum Gasteiger partial charge on any atom is -0.384 e. The van der Waals surface area contributed by atoms with Gasteiger partial charge in [0.1, 0.15) is 6.10 Å². The summed E-state index contributed by atoms with van der Waals surface area (Å²) in [4.78, 5) is 21.0. The second kappa shape index (κ2) is 4.91. The van der Waals surface area contributed by atoms with Crippen LogP contribution in [0.4, 0.5) is 11.4 Å². The number of rotatable bonds is 3. The molecule has 0 fully saturated rings. The van der Waals surface area contributed by atoms with Gasteiger partial charge < -0.3 is 10.4 Å². The quantitative estimate of drug-likeness (QED) is 0.623. The van der Waals surface area contributed by atoms with Crippen LogP contribution in [0.25, 0.3) is 0 Å². The number of carbonyl (C=O) groups is 1. The molecule has 0 saturated heterocycles. The standard InChI is InChI=1S/C9H9ClN2O4/c1-5(13)9(14)11-8-3-2-6(12(15)16)4-7(8)10/h2-5,13H,1H3,(H,11,14). The Bertz CT molecular complexity index is 434. The van der Waals surface area contributed by atoms with Gasteiger partial charge in [-0.2, -0.15) is 0 Å². The van der Waals surface area contributed by atoms with Crippen LogP contribution in [0.15, 0.2) is 18.2 Å². The fraction of sp³-hybridized carbons (Fsp3) is 0.222.